The van der Waals surface area contributed by atoms with Crippen molar-refractivity contribution in [1.82, 2.24) is 28.7 Å². The summed E-state index contributed by atoms with van der Waals surface area (Å²) in [5.74, 6) is 0.574. The second-order valence-electron chi connectivity index (χ2n) is 15.0. The minimum Gasteiger partial charge on any atom is -0.378 e. The Labute approximate surface area is 319 Å². The van der Waals surface area contributed by atoms with Crippen molar-refractivity contribution in [3.05, 3.63) is 90.9 Å². The molecule has 1 amide bonds. The maximum atomic E-state index is 13.4. The Balaban J connectivity index is 1.16. The molecule has 1 aromatic carbocycles. The van der Waals surface area contributed by atoms with Crippen molar-refractivity contribution < 1.29 is 22.7 Å². The van der Waals surface area contributed by atoms with Crippen LogP contribution in [0.1, 0.15) is 28.9 Å². The van der Waals surface area contributed by atoms with Crippen LogP contribution >= 0.6 is 0 Å². The van der Waals surface area contributed by atoms with E-state index >= 15 is 0 Å². The van der Waals surface area contributed by atoms with Crippen LogP contribution in [0.5, 0.6) is 0 Å². The summed E-state index contributed by atoms with van der Waals surface area (Å²) < 4.78 is 40.8. The molecule has 6 rings (SSSR count). The molecule has 3 aromatic heterocycles. The largest absolute Gasteiger partial charge is 0.378 e. The average molecular weight is 773 g/mol. The van der Waals surface area contributed by atoms with Crippen LogP contribution in [0.4, 0.5) is 11.5 Å². The van der Waals surface area contributed by atoms with Gasteiger partial charge in [0.15, 0.2) is 0 Å². The molecule has 4 aromatic rings. The first-order valence-electron chi connectivity index (χ1n) is 18.5. The number of benzene rings is 1. The van der Waals surface area contributed by atoms with E-state index in [0.717, 1.165) is 77.6 Å². The molecule has 0 bridgehead atoms. The molecule has 0 unspecified atom stereocenters. The van der Waals surface area contributed by atoms with Gasteiger partial charge in [-0.25, -0.2) is 18.4 Å². The maximum Gasteiger partial charge on any atom is 0.274 e. The molecule has 2 fully saturated rings. The first-order valence-corrected chi connectivity index (χ1v) is 23.8. The van der Waals surface area contributed by atoms with Gasteiger partial charge in [-0.15, -0.1) is 6.58 Å². The summed E-state index contributed by atoms with van der Waals surface area (Å²) >= 11 is 0. The van der Waals surface area contributed by atoms with Crippen LogP contribution in [0.15, 0.2) is 79.6 Å². The number of likely N-dealkylation sites (tertiary alicyclic amines) is 1. The van der Waals surface area contributed by atoms with Gasteiger partial charge in [-0.05, 0) is 66.9 Å². The summed E-state index contributed by atoms with van der Waals surface area (Å²) in [6, 6.07) is 14.5. The van der Waals surface area contributed by atoms with Gasteiger partial charge in [0.1, 0.15) is 30.2 Å². The van der Waals surface area contributed by atoms with Crippen molar-refractivity contribution in [3.63, 3.8) is 0 Å². The number of anilines is 2. The van der Waals surface area contributed by atoms with E-state index in [2.05, 4.69) is 68.5 Å². The molecule has 13 nitrogen and oxygen atoms in total. The van der Waals surface area contributed by atoms with E-state index in [1.807, 2.05) is 30.3 Å². The van der Waals surface area contributed by atoms with E-state index < -0.39 is 18.1 Å². The van der Waals surface area contributed by atoms with Gasteiger partial charge in [-0.3, -0.25) is 14.7 Å². The molecule has 2 aliphatic rings. The number of hydrogen-bond acceptors (Lipinski definition) is 10. The van der Waals surface area contributed by atoms with Crippen molar-refractivity contribution in [2.24, 2.45) is 0 Å². The van der Waals surface area contributed by atoms with Crippen LogP contribution in [0.2, 0.25) is 25.7 Å². The lowest BCUT2D eigenvalue weighted by molar-refractivity contribution is 0.0909. The van der Waals surface area contributed by atoms with Gasteiger partial charge >= 0.3 is 0 Å². The van der Waals surface area contributed by atoms with Crippen molar-refractivity contribution in [1.29, 1.82) is 0 Å². The van der Waals surface area contributed by atoms with Gasteiger partial charge in [-0.1, -0.05) is 44.4 Å². The van der Waals surface area contributed by atoms with E-state index in [1.54, 1.807) is 24.7 Å². The Hall–Kier alpha value is -4.25. The number of morpholine rings is 1. The zero-order chi connectivity index (χ0) is 38.3. The smallest absolute Gasteiger partial charge is 0.274 e. The number of hydrogen-bond donors (Lipinski definition) is 1. The molecule has 0 aliphatic carbocycles. The molecule has 54 heavy (non-hydrogen) atoms. The molecule has 0 spiro atoms. The lowest BCUT2D eigenvalue weighted by Crippen LogP contribution is -2.49. The summed E-state index contributed by atoms with van der Waals surface area (Å²) in [4.78, 5) is 31.6. The van der Waals surface area contributed by atoms with Gasteiger partial charge in [0, 0.05) is 70.7 Å². The molecule has 5 heterocycles. The fourth-order valence-electron chi connectivity index (χ4n) is 6.95. The molecular weight excluding hydrogens is 721 g/mol. The van der Waals surface area contributed by atoms with Crippen molar-refractivity contribution in [2.75, 3.05) is 62.8 Å². The van der Waals surface area contributed by atoms with E-state index in [9.17, 15) is 13.2 Å². The van der Waals surface area contributed by atoms with Crippen LogP contribution in [-0.2, 0) is 32.8 Å². The van der Waals surface area contributed by atoms with Gasteiger partial charge < -0.3 is 24.3 Å². The highest BCUT2D eigenvalue weighted by atomic mass is 32.2. The number of sulfonamides is 1. The van der Waals surface area contributed by atoms with Gasteiger partial charge in [0.05, 0.1) is 24.3 Å². The number of rotatable bonds is 16. The standard InChI is InChI=1S/C39H52N8O5SSi/c1-6-16-47(53(49,50)7-2)33-9-8-17-44(27-33)26-30-14-15-40-35(24-30)39(48)43-32-12-10-31(11-13-32)36-25-34-37(45-18-20-51-21-19-45)41-28-42-38(34)46(36)29-52-22-23-54(3,4)5/h6-7,10-15,24-25,28,33H,1-2,8-9,16-23,26-27,29H2,3-5H3,(H,43,48)/t33-/m1/s1. The second kappa shape index (κ2) is 17.5. The summed E-state index contributed by atoms with van der Waals surface area (Å²) in [5.41, 5.74) is 4.59. The third-order valence-electron chi connectivity index (χ3n) is 9.83. The number of nitrogens with zero attached hydrogens (tertiary/aromatic N) is 7. The first kappa shape index (κ1) is 39.4. The van der Waals surface area contributed by atoms with Crippen LogP contribution in [0.25, 0.3) is 22.3 Å². The number of fused-ring (bicyclic) bond motifs is 1. The van der Waals surface area contributed by atoms with Crippen molar-refractivity contribution >= 4 is 46.5 Å². The maximum absolute atomic E-state index is 13.4. The van der Waals surface area contributed by atoms with E-state index in [4.69, 9.17) is 14.5 Å². The molecule has 2 aliphatic heterocycles. The Morgan fingerprint density at radius 2 is 1.85 bits per heavy atom. The molecule has 0 saturated carbocycles. The lowest BCUT2D eigenvalue weighted by atomic mass is 10.0. The van der Waals surface area contributed by atoms with Crippen LogP contribution in [-0.4, -0.2) is 110 Å². The highest BCUT2D eigenvalue weighted by Crippen LogP contribution is 2.33. The zero-order valence-corrected chi connectivity index (χ0v) is 33.4. The molecule has 1 atom stereocenters. The SMILES string of the molecule is C=CCN([C@@H]1CCCN(Cc2ccnc(C(=O)Nc3ccc(-c4cc5c(N6CCOCC6)ncnc5n4COCC[Si](C)(C)C)cc3)c2)C1)S(=O)(=O)C=C. The summed E-state index contributed by atoms with van der Waals surface area (Å²) in [5, 5.41) is 4.96. The number of carbonyl (C=O) groups is 1. The molecule has 288 valence electrons. The number of piperidine rings is 1. The topological polar surface area (TPSA) is 135 Å². The highest BCUT2D eigenvalue weighted by Gasteiger charge is 2.31. The van der Waals surface area contributed by atoms with Crippen LogP contribution in [0.3, 0.4) is 0 Å². The van der Waals surface area contributed by atoms with Crippen molar-refractivity contribution in [2.45, 2.75) is 57.8 Å². The molecule has 1 N–H and O–H groups in total. The van der Waals surface area contributed by atoms with Gasteiger partial charge in [0.25, 0.3) is 5.91 Å². The number of nitrogens with one attached hydrogen (secondary N) is 1. The third kappa shape index (κ3) is 9.69. The number of amides is 1. The lowest BCUT2D eigenvalue weighted by Gasteiger charge is -2.37. The summed E-state index contributed by atoms with van der Waals surface area (Å²) in [7, 11) is -4.85. The van der Waals surface area contributed by atoms with Crippen molar-refractivity contribution in [3.8, 4) is 11.3 Å². The number of ether oxygens (including phenoxy) is 2. The number of pyridine rings is 1. The second-order valence-corrected chi connectivity index (χ2v) is 22.5. The fraction of sp³-hybridized carbons (Fsp3) is 0.436. The zero-order valence-electron chi connectivity index (χ0n) is 31.6. The number of aromatic nitrogens is 4. The first-order chi connectivity index (χ1) is 26.0. The Kier molecular flexibility index (Phi) is 12.8. The molecule has 15 heteroatoms. The Morgan fingerprint density at radius 1 is 1.07 bits per heavy atom. The van der Waals surface area contributed by atoms with Crippen LogP contribution in [0, 0.1) is 0 Å². The molecular formula is C39H52N8O5SSi. The fourth-order valence-corrected chi connectivity index (χ4v) is 8.80. The Morgan fingerprint density at radius 3 is 2.57 bits per heavy atom. The van der Waals surface area contributed by atoms with Crippen LogP contribution < -0.4 is 10.2 Å². The minimum atomic E-state index is -3.59. The minimum absolute atomic E-state index is 0.184. The monoisotopic (exact) mass is 772 g/mol. The summed E-state index contributed by atoms with van der Waals surface area (Å²) in [6.07, 6.45) is 6.48. The highest BCUT2D eigenvalue weighted by molar-refractivity contribution is 7.92. The van der Waals surface area contributed by atoms with Gasteiger partial charge in [0.2, 0.25) is 10.0 Å². The molecule has 2 saturated heterocycles. The predicted molar refractivity (Wildman–Crippen MR) is 217 cm³/mol. The van der Waals surface area contributed by atoms with E-state index in [0.29, 0.717) is 51.0 Å². The normalized spacial score (nSPS) is 17.2. The molecule has 0 radical (unpaired) electrons. The number of carbonyl (C=O) groups excluding carboxylic acids is 1. The quantitative estimate of drug-likeness (QED) is 0.0844. The van der Waals surface area contributed by atoms with E-state index in [1.165, 1.54) is 4.31 Å². The predicted octanol–water partition coefficient (Wildman–Crippen LogP) is 5.82. The van der Waals surface area contributed by atoms with E-state index in [-0.39, 0.29) is 18.5 Å². The average Bonchev–Trinajstić information content (AvgIpc) is 3.54. The Bertz CT molecular complexity index is 2040. The van der Waals surface area contributed by atoms with Gasteiger partial charge in [-0.2, -0.15) is 4.31 Å². The third-order valence-corrected chi connectivity index (χ3v) is 13.1. The summed E-state index contributed by atoms with van der Waals surface area (Å²) in [6.45, 7) is 20.4.